The van der Waals surface area contributed by atoms with Crippen LogP contribution in [0.5, 0.6) is 0 Å². The minimum absolute atomic E-state index is 0.105. The summed E-state index contributed by atoms with van der Waals surface area (Å²) in [5.41, 5.74) is 4.30. The molecular weight excluding hydrogens is 458 g/mol. The van der Waals surface area contributed by atoms with Crippen LogP contribution in [0.2, 0.25) is 0 Å². The molecule has 6 rings (SSSR count). The molecule has 0 radical (unpaired) electrons. The maximum atomic E-state index is 13.8. The lowest BCUT2D eigenvalue weighted by Gasteiger charge is -2.27. The number of amides is 1. The van der Waals surface area contributed by atoms with Crippen LogP contribution in [0.4, 0.5) is 5.82 Å². The van der Waals surface area contributed by atoms with Crippen LogP contribution in [0.25, 0.3) is 33.1 Å². The molecule has 0 bridgehead atoms. The van der Waals surface area contributed by atoms with Gasteiger partial charge in [-0.2, -0.15) is 5.10 Å². The average Bonchev–Trinajstić information content (AvgIpc) is 3.57. The van der Waals surface area contributed by atoms with Crippen molar-refractivity contribution in [3.05, 3.63) is 60.7 Å². The first-order valence-electron chi connectivity index (χ1n) is 11.8. The van der Waals surface area contributed by atoms with Crippen LogP contribution in [-0.4, -0.2) is 71.8 Å². The van der Waals surface area contributed by atoms with Crippen molar-refractivity contribution in [2.45, 2.75) is 13.0 Å². The summed E-state index contributed by atoms with van der Waals surface area (Å²) in [6, 6.07) is 7.80. The van der Waals surface area contributed by atoms with Gasteiger partial charge in [0.1, 0.15) is 17.5 Å². The number of aryl methyl sites for hydroxylation is 1. The van der Waals surface area contributed by atoms with Crippen molar-refractivity contribution in [3.8, 4) is 11.1 Å². The number of hydrogen-bond acceptors (Lipinski definition) is 8. The van der Waals surface area contributed by atoms with Gasteiger partial charge in [0.25, 0.3) is 5.91 Å². The van der Waals surface area contributed by atoms with Crippen molar-refractivity contribution >= 4 is 33.7 Å². The van der Waals surface area contributed by atoms with Gasteiger partial charge < -0.3 is 19.9 Å². The quantitative estimate of drug-likeness (QED) is 0.391. The fourth-order valence-corrected chi connectivity index (χ4v) is 4.58. The van der Waals surface area contributed by atoms with Crippen molar-refractivity contribution in [2.24, 2.45) is 7.05 Å². The van der Waals surface area contributed by atoms with Gasteiger partial charge in [-0.3, -0.25) is 9.48 Å². The maximum absolute atomic E-state index is 13.8. The normalized spacial score (nSPS) is 14.9. The second-order valence-electron chi connectivity index (χ2n) is 8.80. The standard InChI is InChI=1S/C25H25N9O2/c1-15(31-24-22-23(27-13-26-22)28-14-29-24)19-10-16-4-3-5-18(17-11-30-33(2)12-17)20(16)21(32-19)25(35)34-6-8-36-9-7-34/h3-5,10-15H,6-9H2,1-2H3,(H2,26,27,28,29,31). The highest BCUT2D eigenvalue weighted by Gasteiger charge is 2.25. The number of pyridine rings is 1. The predicted molar refractivity (Wildman–Crippen MR) is 134 cm³/mol. The third-order valence-electron chi connectivity index (χ3n) is 6.41. The molecule has 1 atom stereocenters. The summed E-state index contributed by atoms with van der Waals surface area (Å²) in [4.78, 5) is 36.4. The molecule has 2 N–H and O–H groups in total. The zero-order valence-corrected chi connectivity index (χ0v) is 20.0. The van der Waals surface area contributed by atoms with Crippen molar-refractivity contribution in [3.63, 3.8) is 0 Å². The number of hydrogen-bond donors (Lipinski definition) is 2. The first kappa shape index (κ1) is 22.1. The monoisotopic (exact) mass is 483 g/mol. The highest BCUT2D eigenvalue weighted by molar-refractivity contribution is 6.11. The highest BCUT2D eigenvalue weighted by Crippen LogP contribution is 2.33. The van der Waals surface area contributed by atoms with E-state index in [-0.39, 0.29) is 11.9 Å². The minimum atomic E-state index is -0.242. The Balaban J connectivity index is 1.47. The van der Waals surface area contributed by atoms with Gasteiger partial charge in [0.05, 0.1) is 37.5 Å². The number of H-pyrrole nitrogens is 1. The SMILES string of the molecule is CC(Nc1ncnc2nc[nH]c12)c1cc2cccc(-c3cnn(C)c3)c2c(C(=O)N2CCOCC2)n1. The number of fused-ring (bicyclic) bond motifs is 2. The molecule has 4 aromatic heterocycles. The molecule has 11 nitrogen and oxygen atoms in total. The highest BCUT2D eigenvalue weighted by atomic mass is 16.5. The molecule has 11 heteroatoms. The molecule has 1 saturated heterocycles. The third-order valence-corrected chi connectivity index (χ3v) is 6.41. The Morgan fingerprint density at radius 1 is 1.19 bits per heavy atom. The Bertz CT molecular complexity index is 1570. The maximum Gasteiger partial charge on any atom is 0.273 e. The topological polar surface area (TPSA) is 127 Å². The van der Waals surface area contributed by atoms with Crippen molar-refractivity contribution in [1.29, 1.82) is 0 Å². The van der Waals surface area contributed by atoms with E-state index in [0.717, 1.165) is 27.6 Å². The van der Waals surface area contributed by atoms with E-state index in [1.165, 1.54) is 6.33 Å². The lowest BCUT2D eigenvalue weighted by molar-refractivity contribution is 0.0300. The Hall–Kier alpha value is -4.38. The number of morpholine rings is 1. The molecule has 1 aliphatic heterocycles. The second kappa shape index (κ2) is 9.00. The van der Waals surface area contributed by atoms with Gasteiger partial charge in [0, 0.05) is 37.3 Å². The van der Waals surface area contributed by atoms with Crippen molar-refractivity contribution in [1.82, 2.24) is 39.6 Å². The summed E-state index contributed by atoms with van der Waals surface area (Å²) in [5, 5.41) is 9.48. The van der Waals surface area contributed by atoms with Gasteiger partial charge in [0.15, 0.2) is 11.5 Å². The first-order valence-corrected chi connectivity index (χ1v) is 11.8. The molecule has 0 aliphatic carbocycles. The number of carbonyl (C=O) groups excluding carboxylic acids is 1. The number of anilines is 1. The van der Waals surface area contributed by atoms with Crippen molar-refractivity contribution < 1.29 is 9.53 Å². The zero-order chi connectivity index (χ0) is 24.6. The number of aromatic amines is 1. The van der Waals surface area contributed by atoms with Gasteiger partial charge >= 0.3 is 0 Å². The summed E-state index contributed by atoms with van der Waals surface area (Å²) in [7, 11) is 1.88. The van der Waals surface area contributed by atoms with E-state index in [2.05, 4.69) is 30.4 Å². The molecule has 0 saturated carbocycles. The number of benzene rings is 1. The number of rotatable bonds is 5. The van der Waals surface area contributed by atoms with Crippen LogP contribution in [0.15, 0.2) is 49.3 Å². The zero-order valence-electron chi connectivity index (χ0n) is 20.0. The van der Waals surface area contributed by atoms with Gasteiger partial charge in [-0.1, -0.05) is 18.2 Å². The Kier molecular flexibility index (Phi) is 5.53. The van der Waals surface area contributed by atoms with E-state index in [0.29, 0.717) is 49.0 Å². The fraction of sp³-hybridized carbons (Fsp3) is 0.280. The number of nitrogens with zero attached hydrogens (tertiary/aromatic N) is 7. The van der Waals surface area contributed by atoms with E-state index < -0.39 is 0 Å². The predicted octanol–water partition coefficient (Wildman–Crippen LogP) is 2.95. The first-order chi connectivity index (χ1) is 17.6. The Morgan fingerprint density at radius 3 is 2.86 bits per heavy atom. The lowest BCUT2D eigenvalue weighted by atomic mass is 9.97. The third kappa shape index (κ3) is 3.93. The number of imidazole rings is 1. The number of ether oxygens (including phenoxy) is 1. The van der Waals surface area contributed by atoms with E-state index >= 15 is 0 Å². The van der Waals surface area contributed by atoms with Crippen LogP contribution in [0.3, 0.4) is 0 Å². The summed E-state index contributed by atoms with van der Waals surface area (Å²) < 4.78 is 7.22. The molecule has 1 unspecified atom stereocenters. The van der Waals surface area contributed by atoms with Gasteiger partial charge in [-0.15, -0.1) is 0 Å². The largest absolute Gasteiger partial charge is 0.378 e. The van der Waals surface area contributed by atoms with E-state index in [1.54, 1.807) is 17.2 Å². The molecule has 5 heterocycles. The number of aromatic nitrogens is 7. The molecule has 1 aromatic carbocycles. The fourth-order valence-electron chi connectivity index (χ4n) is 4.58. The molecule has 1 aliphatic rings. The molecule has 182 valence electrons. The molecule has 1 fully saturated rings. The van der Waals surface area contributed by atoms with Gasteiger partial charge in [0.2, 0.25) is 0 Å². The smallest absolute Gasteiger partial charge is 0.273 e. The van der Waals surface area contributed by atoms with Crippen LogP contribution in [0, 0.1) is 0 Å². The lowest BCUT2D eigenvalue weighted by Crippen LogP contribution is -2.41. The van der Waals surface area contributed by atoms with E-state index in [1.807, 2.05) is 49.3 Å². The summed E-state index contributed by atoms with van der Waals surface area (Å²) >= 11 is 0. The molecule has 0 spiro atoms. The Morgan fingerprint density at radius 2 is 2.06 bits per heavy atom. The average molecular weight is 484 g/mol. The Labute approximate surface area is 206 Å². The summed E-state index contributed by atoms with van der Waals surface area (Å²) in [5.74, 6) is 0.517. The minimum Gasteiger partial charge on any atom is -0.378 e. The number of nitrogens with one attached hydrogen (secondary N) is 2. The molecule has 1 amide bonds. The van der Waals surface area contributed by atoms with Crippen LogP contribution in [-0.2, 0) is 11.8 Å². The number of carbonyl (C=O) groups is 1. The molecule has 36 heavy (non-hydrogen) atoms. The van der Waals surface area contributed by atoms with Crippen LogP contribution < -0.4 is 5.32 Å². The van der Waals surface area contributed by atoms with Crippen LogP contribution >= 0.6 is 0 Å². The van der Waals surface area contributed by atoms with Gasteiger partial charge in [-0.25, -0.2) is 19.9 Å². The van der Waals surface area contributed by atoms with E-state index in [4.69, 9.17) is 9.72 Å². The van der Waals surface area contributed by atoms with Crippen molar-refractivity contribution in [2.75, 3.05) is 31.6 Å². The molecule has 5 aromatic rings. The van der Waals surface area contributed by atoms with Crippen LogP contribution in [0.1, 0.15) is 29.1 Å². The molecular formula is C25H25N9O2. The second-order valence-corrected chi connectivity index (χ2v) is 8.80. The summed E-state index contributed by atoms with van der Waals surface area (Å²) in [6.45, 7) is 4.10. The summed E-state index contributed by atoms with van der Waals surface area (Å²) in [6.07, 6.45) is 6.81. The van der Waals surface area contributed by atoms with E-state index in [9.17, 15) is 4.79 Å². The van der Waals surface area contributed by atoms with Gasteiger partial charge in [-0.05, 0) is 23.9 Å².